The van der Waals surface area contributed by atoms with E-state index in [1.54, 1.807) is 49.6 Å². The third-order valence-electron chi connectivity index (χ3n) is 2.63. The Kier molecular flexibility index (Phi) is 5.47. The van der Waals surface area contributed by atoms with Crippen molar-refractivity contribution in [2.45, 2.75) is 0 Å². The summed E-state index contributed by atoms with van der Waals surface area (Å²) in [5.41, 5.74) is 0.649. The molecule has 2 rings (SSSR count). The second-order valence-electron chi connectivity index (χ2n) is 4.12. The zero-order valence-corrected chi connectivity index (χ0v) is 13.6. The van der Waals surface area contributed by atoms with Crippen LogP contribution in [-0.2, 0) is 4.79 Å². The summed E-state index contributed by atoms with van der Waals surface area (Å²) >= 11 is 9.30. The number of ether oxygens (including phenoxy) is 2. The molecule has 110 valence electrons. The van der Waals surface area contributed by atoms with Crippen LogP contribution in [0.25, 0.3) is 0 Å². The van der Waals surface area contributed by atoms with Crippen LogP contribution >= 0.6 is 27.5 Å². The molecule has 0 fully saturated rings. The quantitative estimate of drug-likeness (QED) is 0.861. The predicted molar refractivity (Wildman–Crippen MR) is 86.3 cm³/mol. The Balaban J connectivity index is 1.93. The molecule has 4 nitrogen and oxygen atoms in total. The number of amides is 1. The zero-order chi connectivity index (χ0) is 15.2. The standard InChI is InChI=1S/C15H13BrClNO3/c1-20-13-7-6-10(8-11(13)16)18-15(19)9-21-14-5-3-2-4-12(14)17/h2-8H,9H2,1H3,(H,18,19). The second kappa shape index (κ2) is 7.33. The van der Waals surface area contributed by atoms with Gasteiger partial charge in [-0.1, -0.05) is 23.7 Å². The molecule has 2 aromatic carbocycles. The average Bonchev–Trinajstić information content (AvgIpc) is 2.46. The number of carbonyl (C=O) groups is 1. The number of para-hydroxylation sites is 1. The minimum Gasteiger partial charge on any atom is -0.496 e. The summed E-state index contributed by atoms with van der Waals surface area (Å²) in [5, 5.41) is 3.20. The molecule has 0 spiro atoms. The monoisotopic (exact) mass is 369 g/mol. The van der Waals surface area contributed by atoms with E-state index in [4.69, 9.17) is 21.1 Å². The van der Waals surface area contributed by atoms with Gasteiger partial charge in [-0.15, -0.1) is 0 Å². The molecule has 0 aliphatic heterocycles. The Labute approximate surface area is 136 Å². The highest BCUT2D eigenvalue weighted by atomic mass is 79.9. The maximum atomic E-state index is 11.8. The number of carbonyl (C=O) groups excluding carboxylic acids is 1. The summed E-state index contributed by atoms with van der Waals surface area (Å²) in [5.74, 6) is 0.900. The largest absolute Gasteiger partial charge is 0.496 e. The SMILES string of the molecule is COc1ccc(NC(=O)COc2ccccc2Cl)cc1Br. The molecular weight excluding hydrogens is 358 g/mol. The van der Waals surface area contributed by atoms with Crippen molar-refractivity contribution in [2.75, 3.05) is 19.0 Å². The van der Waals surface area contributed by atoms with Gasteiger partial charge in [0.2, 0.25) is 0 Å². The van der Waals surface area contributed by atoms with Crippen LogP contribution in [0.15, 0.2) is 46.9 Å². The Morgan fingerprint density at radius 2 is 2.00 bits per heavy atom. The van der Waals surface area contributed by atoms with Crippen LogP contribution in [-0.4, -0.2) is 19.6 Å². The summed E-state index contributed by atoms with van der Waals surface area (Å²) in [6.07, 6.45) is 0. The van der Waals surface area contributed by atoms with E-state index in [1.165, 1.54) is 0 Å². The van der Waals surface area contributed by atoms with Crippen molar-refractivity contribution in [1.29, 1.82) is 0 Å². The van der Waals surface area contributed by atoms with Gasteiger partial charge in [-0.25, -0.2) is 0 Å². The maximum Gasteiger partial charge on any atom is 0.262 e. The van der Waals surface area contributed by atoms with Crippen LogP contribution in [0.4, 0.5) is 5.69 Å². The lowest BCUT2D eigenvalue weighted by atomic mass is 10.3. The third kappa shape index (κ3) is 4.37. The first-order valence-corrected chi connectivity index (χ1v) is 7.28. The fourth-order valence-corrected chi connectivity index (χ4v) is 2.38. The lowest BCUT2D eigenvalue weighted by Gasteiger charge is -2.10. The lowest BCUT2D eigenvalue weighted by Crippen LogP contribution is -2.20. The number of nitrogens with one attached hydrogen (secondary N) is 1. The fourth-order valence-electron chi connectivity index (χ4n) is 1.65. The van der Waals surface area contributed by atoms with E-state index in [2.05, 4.69) is 21.2 Å². The molecule has 0 heterocycles. The molecule has 0 saturated heterocycles. The molecule has 1 amide bonds. The van der Waals surface area contributed by atoms with E-state index in [0.29, 0.717) is 22.2 Å². The Morgan fingerprint density at radius 3 is 2.67 bits per heavy atom. The molecule has 0 aliphatic rings. The van der Waals surface area contributed by atoms with Crippen molar-refractivity contribution >= 4 is 39.1 Å². The molecule has 0 bridgehead atoms. The molecule has 0 aliphatic carbocycles. The molecule has 21 heavy (non-hydrogen) atoms. The van der Waals surface area contributed by atoms with Gasteiger partial charge in [0.25, 0.3) is 5.91 Å². The minimum atomic E-state index is -0.271. The number of hydrogen-bond acceptors (Lipinski definition) is 3. The average molecular weight is 371 g/mol. The molecule has 2 aromatic rings. The van der Waals surface area contributed by atoms with Crippen LogP contribution < -0.4 is 14.8 Å². The second-order valence-corrected chi connectivity index (χ2v) is 5.38. The summed E-state index contributed by atoms with van der Waals surface area (Å²) < 4.78 is 11.2. The first-order valence-electron chi connectivity index (χ1n) is 6.11. The van der Waals surface area contributed by atoms with Crippen molar-refractivity contribution in [3.8, 4) is 11.5 Å². The molecule has 0 radical (unpaired) electrons. The van der Waals surface area contributed by atoms with Crippen LogP contribution in [0.1, 0.15) is 0 Å². The summed E-state index contributed by atoms with van der Waals surface area (Å²) in [6, 6.07) is 12.3. The van der Waals surface area contributed by atoms with E-state index in [-0.39, 0.29) is 12.5 Å². The Hall–Kier alpha value is -1.72. The number of halogens is 2. The molecule has 0 unspecified atom stereocenters. The highest BCUT2D eigenvalue weighted by molar-refractivity contribution is 9.10. The van der Waals surface area contributed by atoms with Crippen LogP contribution in [0, 0.1) is 0 Å². The fraction of sp³-hybridized carbons (Fsp3) is 0.133. The summed E-state index contributed by atoms with van der Waals surface area (Å²) in [4.78, 5) is 11.8. The van der Waals surface area contributed by atoms with E-state index in [9.17, 15) is 4.79 Å². The smallest absolute Gasteiger partial charge is 0.262 e. The number of rotatable bonds is 5. The van der Waals surface area contributed by atoms with Crippen LogP contribution in [0.5, 0.6) is 11.5 Å². The molecule has 6 heteroatoms. The highest BCUT2D eigenvalue weighted by Crippen LogP contribution is 2.27. The number of hydrogen-bond donors (Lipinski definition) is 1. The number of anilines is 1. The normalized spacial score (nSPS) is 10.0. The van der Waals surface area contributed by atoms with Crippen LogP contribution in [0.2, 0.25) is 5.02 Å². The first-order chi connectivity index (χ1) is 10.1. The van der Waals surface area contributed by atoms with Gasteiger partial charge in [0.05, 0.1) is 16.6 Å². The van der Waals surface area contributed by atoms with E-state index < -0.39 is 0 Å². The van der Waals surface area contributed by atoms with Gasteiger partial charge in [-0.3, -0.25) is 4.79 Å². The van der Waals surface area contributed by atoms with Gasteiger partial charge in [0, 0.05) is 5.69 Å². The first kappa shape index (κ1) is 15.7. The molecule has 1 N–H and O–H groups in total. The molecule has 0 aromatic heterocycles. The van der Waals surface area contributed by atoms with Crippen molar-refractivity contribution in [2.24, 2.45) is 0 Å². The summed E-state index contributed by atoms with van der Waals surface area (Å²) in [6.45, 7) is -0.118. The van der Waals surface area contributed by atoms with Gasteiger partial charge >= 0.3 is 0 Å². The van der Waals surface area contributed by atoms with Crippen molar-refractivity contribution in [3.05, 3.63) is 52.0 Å². The third-order valence-corrected chi connectivity index (χ3v) is 3.56. The van der Waals surface area contributed by atoms with Crippen molar-refractivity contribution in [3.63, 3.8) is 0 Å². The Bertz CT molecular complexity index is 649. The maximum absolute atomic E-state index is 11.8. The van der Waals surface area contributed by atoms with Gasteiger partial charge in [-0.05, 0) is 46.3 Å². The zero-order valence-electron chi connectivity index (χ0n) is 11.2. The van der Waals surface area contributed by atoms with E-state index in [1.807, 2.05) is 0 Å². The topological polar surface area (TPSA) is 47.6 Å². The van der Waals surface area contributed by atoms with Crippen molar-refractivity contribution < 1.29 is 14.3 Å². The van der Waals surface area contributed by atoms with Gasteiger partial charge < -0.3 is 14.8 Å². The molecule has 0 atom stereocenters. The summed E-state index contributed by atoms with van der Waals surface area (Å²) in [7, 11) is 1.58. The predicted octanol–water partition coefficient (Wildman–Crippen LogP) is 4.13. The van der Waals surface area contributed by atoms with Gasteiger partial charge in [0.15, 0.2) is 6.61 Å². The number of methoxy groups -OCH3 is 1. The number of benzene rings is 2. The lowest BCUT2D eigenvalue weighted by molar-refractivity contribution is -0.118. The van der Waals surface area contributed by atoms with Crippen molar-refractivity contribution in [1.82, 2.24) is 0 Å². The van der Waals surface area contributed by atoms with Gasteiger partial charge in [0.1, 0.15) is 11.5 Å². The van der Waals surface area contributed by atoms with Crippen LogP contribution in [0.3, 0.4) is 0 Å². The van der Waals surface area contributed by atoms with Gasteiger partial charge in [-0.2, -0.15) is 0 Å². The minimum absolute atomic E-state index is 0.118. The van der Waals surface area contributed by atoms with E-state index >= 15 is 0 Å². The van der Waals surface area contributed by atoms with E-state index in [0.717, 1.165) is 4.47 Å². The molecule has 0 saturated carbocycles. The Morgan fingerprint density at radius 1 is 1.24 bits per heavy atom. The molecular formula is C15H13BrClNO3. The highest BCUT2D eigenvalue weighted by Gasteiger charge is 2.07.